The van der Waals surface area contributed by atoms with E-state index in [2.05, 4.69) is 115 Å². The Morgan fingerprint density at radius 3 is 2.33 bits per heavy atom. The van der Waals surface area contributed by atoms with Gasteiger partial charge >= 0.3 is 0 Å². The number of aromatic nitrogens is 3. The Kier molecular flexibility index (Phi) is 10.7. The smallest absolute Gasteiger partial charge is 0.120 e. The van der Waals surface area contributed by atoms with Gasteiger partial charge < -0.3 is 14.0 Å². The van der Waals surface area contributed by atoms with E-state index in [1.165, 1.54) is 37.7 Å². The van der Waals surface area contributed by atoms with Crippen molar-refractivity contribution in [2.45, 2.75) is 58.3 Å². The van der Waals surface area contributed by atoms with Crippen molar-refractivity contribution in [2.24, 2.45) is 5.92 Å². The van der Waals surface area contributed by atoms with E-state index in [-0.39, 0.29) is 20.1 Å². The molecule has 0 unspecified atom stereocenters. The number of pyridine rings is 1. The van der Waals surface area contributed by atoms with Gasteiger partial charge in [0.1, 0.15) is 5.58 Å². The number of para-hydroxylation sites is 3. The first-order chi connectivity index (χ1) is 24.9. The molecule has 52 heavy (non-hydrogen) atoms. The fourth-order valence-corrected chi connectivity index (χ4v) is 9.21. The van der Waals surface area contributed by atoms with Crippen molar-refractivity contribution in [2.75, 3.05) is 0 Å². The van der Waals surface area contributed by atoms with E-state index in [0.29, 0.717) is 0 Å². The average Bonchev–Trinajstić information content (AvgIpc) is 3.90. The minimum absolute atomic E-state index is 0. The summed E-state index contributed by atoms with van der Waals surface area (Å²) >= 11 is 0. The molecule has 0 saturated heterocycles. The quantitative estimate of drug-likeness (QED) is 0.118. The van der Waals surface area contributed by atoms with Gasteiger partial charge in [-0.3, -0.25) is 4.98 Å². The van der Waals surface area contributed by atoms with Crippen LogP contribution in [0.2, 0.25) is 19.6 Å². The number of benzene rings is 5. The van der Waals surface area contributed by atoms with Crippen LogP contribution >= 0.6 is 0 Å². The molecule has 1 aliphatic carbocycles. The molecule has 0 amide bonds. The van der Waals surface area contributed by atoms with Crippen LogP contribution in [0, 0.1) is 18.1 Å². The van der Waals surface area contributed by atoms with Crippen molar-refractivity contribution in [3.63, 3.8) is 0 Å². The monoisotopic (exact) mass is 874 g/mol. The van der Waals surface area contributed by atoms with Crippen LogP contribution in [0.15, 0.2) is 132 Å². The van der Waals surface area contributed by atoms with Gasteiger partial charge in [0, 0.05) is 38.2 Å². The van der Waals surface area contributed by atoms with E-state index >= 15 is 0 Å². The summed E-state index contributed by atoms with van der Waals surface area (Å²) in [5.41, 5.74) is 9.65. The van der Waals surface area contributed by atoms with Crippen molar-refractivity contribution in [1.29, 1.82) is 0 Å². The second kappa shape index (κ2) is 15.6. The molecule has 9 rings (SSSR count). The van der Waals surface area contributed by atoms with Gasteiger partial charge in [0.25, 0.3) is 0 Å². The summed E-state index contributed by atoms with van der Waals surface area (Å²) in [6, 6.07) is 48.1. The zero-order chi connectivity index (χ0) is 34.8. The van der Waals surface area contributed by atoms with Crippen LogP contribution in [0.4, 0.5) is 0 Å². The van der Waals surface area contributed by atoms with E-state index in [1.807, 2.05) is 48.5 Å². The molecule has 1 fully saturated rings. The molecule has 0 aliphatic heterocycles. The van der Waals surface area contributed by atoms with Crippen LogP contribution in [0.5, 0.6) is 0 Å². The Morgan fingerprint density at radius 2 is 1.54 bits per heavy atom. The molecule has 0 spiro atoms. The molecule has 5 aromatic carbocycles. The number of furan rings is 1. The summed E-state index contributed by atoms with van der Waals surface area (Å²) in [6.45, 7) is 8.02. The Hall–Kier alpha value is -4.61. The molecule has 1 aliphatic rings. The Bertz CT molecular complexity index is 2420. The molecule has 0 N–H and O–H groups in total. The van der Waals surface area contributed by atoms with Crippen LogP contribution in [-0.4, -0.2) is 22.6 Å². The Balaban J connectivity index is 0.000000165. The topological polar surface area (TPSA) is 43.9 Å². The van der Waals surface area contributed by atoms with Gasteiger partial charge in [-0.15, -0.1) is 54.1 Å². The first kappa shape index (κ1) is 35.8. The van der Waals surface area contributed by atoms with Gasteiger partial charge in [-0.2, -0.15) is 0 Å². The summed E-state index contributed by atoms with van der Waals surface area (Å²) in [7, 11) is -1.35. The number of fused-ring (bicyclic) bond motifs is 4. The van der Waals surface area contributed by atoms with Crippen molar-refractivity contribution in [1.82, 2.24) is 14.5 Å². The maximum absolute atomic E-state index is 6.25. The molecule has 3 aromatic heterocycles. The van der Waals surface area contributed by atoms with E-state index in [1.54, 1.807) is 10.8 Å². The third kappa shape index (κ3) is 7.47. The molecule has 0 atom stereocenters. The largest absolute Gasteiger partial charge is 0.501 e. The molecule has 263 valence electrons. The fraction of sp³-hybridized carbons (Fsp3) is 0.217. The first-order valence-electron chi connectivity index (χ1n) is 18.2. The molecule has 1 saturated carbocycles. The standard InChI is InChI=1S/C26H17N2O.C20H26NSi.Ir/c1-2-9-18(10-3-1)17-28-23-15-6-5-14-22(23)27-26(28)21-13-8-12-20-19-11-4-7-16-24(19)29-25(20)21;1-22(2,3)20-15-21-19(17-11-5-4-6-12-17)14-18(20)13-16-9-7-8-10-16;/h1-12,14-16H,17H2;4-6,11,14-16H,7-10,13H2,1-3H3;/q2*-1;. The van der Waals surface area contributed by atoms with Gasteiger partial charge in [-0.05, 0) is 47.0 Å². The summed E-state index contributed by atoms with van der Waals surface area (Å²) < 4.78 is 8.51. The second-order valence-electron chi connectivity index (χ2n) is 14.8. The molecule has 8 aromatic rings. The Labute approximate surface area is 321 Å². The zero-order valence-electron chi connectivity index (χ0n) is 30.0. The normalized spacial score (nSPS) is 13.3. The summed E-state index contributed by atoms with van der Waals surface area (Å²) in [5.74, 6) is 1.75. The summed E-state index contributed by atoms with van der Waals surface area (Å²) in [5, 5.41) is 3.75. The van der Waals surface area contributed by atoms with E-state index < -0.39 is 8.07 Å². The van der Waals surface area contributed by atoms with Crippen molar-refractivity contribution in [3.8, 4) is 22.6 Å². The number of hydrogen-bond donors (Lipinski definition) is 0. The van der Waals surface area contributed by atoms with Crippen LogP contribution in [0.3, 0.4) is 0 Å². The van der Waals surface area contributed by atoms with Crippen LogP contribution in [-0.2, 0) is 33.1 Å². The Morgan fingerprint density at radius 1 is 0.788 bits per heavy atom. The van der Waals surface area contributed by atoms with Crippen LogP contribution < -0.4 is 5.19 Å². The molecule has 3 heterocycles. The minimum atomic E-state index is -1.35. The average molecular weight is 874 g/mol. The van der Waals surface area contributed by atoms with Crippen molar-refractivity contribution < 1.29 is 24.5 Å². The number of nitrogens with zero attached hydrogens (tertiary/aromatic N) is 3. The second-order valence-corrected chi connectivity index (χ2v) is 19.8. The fourth-order valence-electron chi connectivity index (χ4n) is 7.62. The molecule has 0 bridgehead atoms. The molecule has 1 radical (unpaired) electrons. The maximum atomic E-state index is 6.25. The molecule has 6 heteroatoms. The van der Waals surface area contributed by atoms with E-state index in [9.17, 15) is 0 Å². The van der Waals surface area contributed by atoms with E-state index in [0.717, 1.165) is 68.1 Å². The van der Waals surface area contributed by atoms with Gasteiger partial charge in [-0.1, -0.05) is 129 Å². The third-order valence-electron chi connectivity index (χ3n) is 10.2. The predicted octanol–water partition coefficient (Wildman–Crippen LogP) is 11.3. The van der Waals surface area contributed by atoms with Gasteiger partial charge in [0.2, 0.25) is 0 Å². The summed E-state index contributed by atoms with van der Waals surface area (Å²) in [6.07, 6.45) is 9.03. The number of imidazole rings is 1. The third-order valence-corrected chi connectivity index (χ3v) is 12.2. The SMILES string of the molecule is C[Si](C)(C)c1cnc(-c2[c-]cccc2)cc1CC1CCCC1.[Ir].[c-]1ccc2c(oc3ccccc32)c1-c1nc2ccccc2n1Cc1ccccc1. The summed E-state index contributed by atoms with van der Waals surface area (Å²) in [4.78, 5) is 9.73. The van der Waals surface area contributed by atoms with Gasteiger partial charge in [-0.25, -0.2) is 0 Å². The first-order valence-corrected chi connectivity index (χ1v) is 21.7. The van der Waals surface area contributed by atoms with E-state index in [4.69, 9.17) is 14.4 Å². The number of hydrogen-bond acceptors (Lipinski definition) is 3. The van der Waals surface area contributed by atoms with Gasteiger partial charge in [0.15, 0.2) is 0 Å². The van der Waals surface area contributed by atoms with Gasteiger partial charge in [0.05, 0.1) is 30.5 Å². The molecular formula is C46H43IrN3OSi-2. The maximum Gasteiger partial charge on any atom is 0.120 e. The zero-order valence-corrected chi connectivity index (χ0v) is 33.4. The van der Waals surface area contributed by atoms with Crippen LogP contribution in [0.25, 0.3) is 55.6 Å². The predicted molar refractivity (Wildman–Crippen MR) is 214 cm³/mol. The van der Waals surface area contributed by atoms with Crippen LogP contribution in [0.1, 0.15) is 36.8 Å². The molecular weight excluding hydrogens is 831 g/mol. The minimum Gasteiger partial charge on any atom is -0.501 e. The van der Waals surface area contributed by atoms with Crippen molar-refractivity contribution >= 4 is 46.2 Å². The molecule has 4 nitrogen and oxygen atoms in total. The number of rotatable bonds is 7. The van der Waals surface area contributed by atoms with Crippen molar-refractivity contribution in [3.05, 3.63) is 151 Å².